The maximum Gasteiger partial charge on any atom is 0.230 e. The van der Waals surface area contributed by atoms with E-state index in [-0.39, 0.29) is 17.2 Å². The first kappa shape index (κ1) is 15.5. The van der Waals surface area contributed by atoms with Crippen LogP contribution in [0.25, 0.3) is 0 Å². The van der Waals surface area contributed by atoms with Gasteiger partial charge in [-0.05, 0) is 17.9 Å². The molecule has 1 aliphatic heterocycles. The summed E-state index contributed by atoms with van der Waals surface area (Å²) in [6.07, 6.45) is 3.53. The Kier molecular flexibility index (Phi) is 4.60. The summed E-state index contributed by atoms with van der Waals surface area (Å²) >= 11 is 0. The Balaban J connectivity index is 2.14. The number of nitrogens with one attached hydrogen (secondary N) is 1. The molecule has 0 saturated carbocycles. The van der Waals surface area contributed by atoms with E-state index in [4.69, 9.17) is 0 Å². The molecule has 2 amide bonds. The van der Waals surface area contributed by atoms with Crippen molar-refractivity contribution in [2.45, 2.75) is 46.6 Å². The SMILES string of the molecule is CCCNc1ncccc1CN1C(=O)CC(C)(C)CC1=O. The number of pyridine rings is 1. The molecule has 0 bridgehead atoms. The molecule has 1 aromatic rings. The van der Waals surface area contributed by atoms with Crippen LogP contribution in [0.1, 0.15) is 45.6 Å². The fourth-order valence-electron chi connectivity index (χ4n) is 2.53. The van der Waals surface area contributed by atoms with Crippen LogP contribution in [-0.4, -0.2) is 28.2 Å². The molecule has 5 heteroatoms. The Morgan fingerprint density at radius 1 is 1.29 bits per heavy atom. The van der Waals surface area contributed by atoms with E-state index in [2.05, 4.69) is 17.2 Å². The molecule has 1 aromatic heterocycles. The fraction of sp³-hybridized carbons (Fsp3) is 0.562. The van der Waals surface area contributed by atoms with Crippen LogP contribution in [-0.2, 0) is 16.1 Å². The Hall–Kier alpha value is -1.91. The number of amides is 2. The largest absolute Gasteiger partial charge is 0.370 e. The van der Waals surface area contributed by atoms with Crippen molar-refractivity contribution < 1.29 is 9.59 Å². The van der Waals surface area contributed by atoms with Crippen molar-refractivity contribution in [2.75, 3.05) is 11.9 Å². The van der Waals surface area contributed by atoms with Crippen LogP contribution in [0.15, 0.2) is 18.3 Å². The highest BCUT2D eigenvalue weighted by molar-refractivity contribution is 5.98. The maximum atomic E-state index is 12.2. The number of piperidine rings is 1. The maximum absolute atomic E-state index is 12.2. The lowest BCUT2D eigenvalue weighted by Crippen LogP contribution is -2.45. The van der Waals surface area contributed by atoms with E-state index in [9.17, 15) is 9.59 Å². The number of anilines is 1. The van der Waals surface area contributed by atoms with Gasteiger partial charge in [0, 0.05) is 31.1 Å². The highest BCUT2D eigenvalue weighted by Gasteiger charge is 2.37. The van der Waals surface area contributed by atoms with Crippen molar-refractivity contribution in [3.05, 3.63) is 23.9 Å². The number of carbonyl (C=O) groups is 2. The van der Waals surface area contributed by atoms with Crippen LogP contribution < -0.4 is 5.32 Å². The molecule has 1 saturated heterocycles. The summed E-state index contributed by atoms with van der Waals surface area (Å²) in [5, 5.41) is 3.24. The summed E-state index contributed by atoms with van der Waals surface area (Å²) in [5.41, 5.74) is 0.649. The number of nitrogens with zero attached hydrogens (tertiary/aromatic N) is 2. The smallest absolute Gasteiger partial charge is 0.230 e. The second-order valence-electron chi connectivity index (χ2n) is 6.33. The zero-order valence-corrected chi connectivity index (χ0v) is 13.0. The van der Waals surface area contributed by atoms with Crippen LogP contribution in [0, 0.1) is 5.41 Å². The standard InChI is InChI=1S/C16H23N3O2/c1-4-7-17-15-12(6-5-8-18-15)11-19-13(20)9-16(2,3)10-14(19)21/h5-6,8H,4,7,9-11H2,1-3H3,(H,17,18). The Morgan fingerprint density at radius 2 is 1.95 bits per heavy atom. The van der Waals surface area contributed by atoms with Crippen LogP contribution in [0.3, 0.4) is 0 Å². The molecule has 114 valence electrons. The summed E-state index contributed by atoms with van der Waals surface area (Å²) in [4.78, 5) is 30.1. The average molecular weight is 289 g/mol. The predicted molar refractivity (Wildman–Crippen MR) is 81.6 cm³/mol. The molecule has 2 heterocycles. The molecule has 21 heavy (non-hydrogen) atoms. The second kappa shape index (κ2) is 6.24. The van der Waals surface area contributed by atoms with E-state index in [1.807, 2.05) is 26.0 Å². The highest BCUT2D eigenvalue weighted by atomic mass is 16.2. The van der Waals surface area contributed by atoms with Gasteiger partial charge in [0.1, 0.15) is 5.82 Å². The van der Waals surface area contributed by atoms with Gasteiger partial charge in [-0.3, -0.25) is 14.5 Å². The molecular formula is C16H23N3O2. The molecule has 0 aromatic carbocycles. The summed E-state index contributed by atoms with van der Waals surface area (Å²) in [6.45, 7) is 7.11. The van der Waals surface area contributed by atoms with E-state index in [1.165, 1.54) is 4.90 Å². The molecule has 0 aliphatic carbocycles. The third-order valence-electron chi connectivity index (χ3n) is 3.62. The quantitative estimate of drug-likeness (QED) is 0.846. The summed E-state index contributed by atoms with van der Waals surface area (Å²) in [7, 11) is 0. The van der Waals surface area contributed by atoms with Gasteiger partial charge in [-0.1, -0.05) is 26.8 Å². The van der Waals surface area contributed by atoms with Crippen LogP contribution in [0.2, 0.25) is 0 Å². The van der Waals surface area contributed by atoms with E-state index >= 15 is 0 Å². The van der Waals surface area contributed by atoms with E-state index < -0.39 is 0 Å². The van der Waals surface area contributed by atoms with Crippen molar-refractivity contribution in [1.29, 1.82) is 0 Å². The van der Waals surface area contributed by atoms with Crippen LogP contribution in [0.5, 0.6) is 0 Å². The normalized spacial score (nSPS) is 18.0. The third kappa shape index (κ3) is 3.80. The first-order chi connectivity index (χ1) is 9.93. The topological polar surface area (TPSA) is 62.3 Å². The number of likely N-dealkylation sites (tertiary alicyclic amines) is 1. The fourth-order valence-corrected chi connectivity index (χ4v) is 2.53. The number of aromatic nitrogens is 1. The summed E-state index contributed by atoms with van der Waals surface area (Å²) in [5.74, 6) is 0.563. The predicted octanol–water partition coefficient (Wildman–Crippen LogP) is 2.58. The van der Waals surface area contributed by atoms with E-state index in [1.54, 1.807) is 6.20 Å². The number of rotatable bonds is 5. The molecule has 1 N–H and O–H groups in total. The first-order valence-corrected chi connectivity index (χ1v) is 7.44. The van der Waals surface area contributed by atoms with Gasteiger partial charge in [-0.2, -0.15) is 0 Å². The second-order valence-corrected chi connectivity index (χ2v) is 6.33. The van der Waals surface area contributed by atoms with Crippen molar-refractivity contribution >= 4 is 17.6 Å². The van der Waals surface area contributed by atoms with Gasteiger partial charge in [0.25, 0.3) is 0 Å². The molecule has 0 spiro atoms. The lowest BCUT2D eigenvalue weighted by atomic mass is 9.81. The highest BCUT2D eigenvalue weighted by Crippen LogP contribution is 2.32. The molecule has 0 unspecified atom stereocenters. The van der Waals surface area contributed by atoms with E-state index in [0.29, 0.717) is 19.4 Å². The zero-order valence-electron chi connectivity index (χ0n) is 13.0. The zero-order chi connectivity index (χ0) is 15.5. The van der Waals surface area contributed by atoms with Gasteiger partial charge in [-0.15, -0.1) is 0 Å². The minimum Gasteiger partial charge on any atom is -0.370 e. The minimum atomic E-state index is -0.233. The molecule has 2 rings (SSSR count). The average Bonchev–Trinajstić information content (AvgIpc) is 2.40. The number of hydrogen-bond donors (Lipinski definition) is 1. The molecular weight excluding hydrogens is 266 g/mol. The lowest BCUT2D eigenvalue weighted by Gasteiger charge is -2.34. The Morgan fingerprint density at radius 3 is 2.57 bits per heavy atom. The Labute approximate surface area is 125 Å². The van der Waals surface area contributed by atoms with Gasteiger partial charge < -0.3 is 5.32 Å². The van der Waals surface area contributed by atoms with Crippen molar-refractivity contribution in [2.24, 2.45) is 5.41 Å². The van der Waals surface area contributed by atoms with Gasteiger partial charge >= 0.3 is 0 Å². The molecule has 0 radical (unpaired) electrons. The first-order valence-electron chi connectivity index (χ1n) is 7.44. The van der Waals surface area contributed by atoms with Gasteiger partial charge in [0.15, 0.2) is 0 Å². The summed E-state index contributed by atoms with van der Waals surface area (Å²) in [6, 6.07) is 3.74. The number of carbonyl (C=O) groups excluding carboxylic acids is 2. The minimum absolute atomic E-state index is 0.0958. The van der Waals surface area contributed by atoms with E-state index in [0.717, 1.165) is 24.3 Å². The molecule has 1 fully saturated rings. The summed E-state index contributed by atoms with van der Waals surface area (Å²) < 4.78 is 0. The van der Waals surface area contributed by atoms with Crippen LogP contribution >= 0.6 is 0 Å². The van der Waals surface area contributed by atoms with Crippen LogP contribution in [0.4, 0.5) is 5.82 Å². The molecule has 1 aliphatic rings. The van der Waals surface area contributed by atoms with Crippen molar-refractivity contribution in [3.63, 3.8) is 0 Å². The Bertz CT molecular complexity index is 520. The third-order valence-corrected chi connectivity index (χ3v) is 3.62. The van der Waals surface area contributed by atoms with Crippen molar-refractivity contribution in [1.82, 2.24) is 9.88 Å². The lowest BCUT2D eigenvalue weighted by molar-refractivity contribution is -0.153. The van der Waals surface area contributed by atoms with Gasteiger partial charge in [-0.25, -0.2) is 4.98 Å². The number of hydrogen-bond acceptors (Lipinski definition) is 4. The molecule has 5 nitrogen and oxygen atoms in total. The van der Waals surface area contributed by atoms with Gasteiger partial charge in [0.2, 0.25) is 11.8 Å². The monoisotopic (exact) mass is 289 g/mol. The van der Waals surface area contributed by atoms with Gasteiger partial charge in [0.05, 0.1) is 6.54 Å². The van der Waals surface area contributed by atoms with Crippen molar-refractivity contribution in [3.8, 4) is 0 Å². The molecule has 0 atom stereocenters. The number of imide groups is 1.